The average molecular weight is 212 g/mol. The summed E-state index contributed by atoms with van der Waals surface area (Å²) in [7, 11) is 0. The highest BCUT2D eigenvalue weighted by molar-refractivity contribution is 8.06. The van der Waals surface area contributed by atoms with Gasteiger partial charge in [-0.15, -0.1) is 0 Å². The van der Waals surface area contributed by atoms with Crippen LogP contribution in [0, 0.1) is 10.8 Å². The van der Waals surface area contributed by atoms with Crippen LogP contribution in [0.25, 0.3) is 0 Å². The number of hydrogen-bond donors (Lipinski definition) is 0. The maximum atomic E-state index is 4.15. The Balaban J connectivity index is 4.61. The fourth-order valence-corrected chi connectivity index (χ4v) is 1.93. The van der Waals surface area contributed by atoms with Gasteiger partial charge in [0, 0.05) is 0 Å². The second-order valence-corrected chi connectivity index (χ2v) is 6.81. The average Bonchev–Trinajstić information content (AvgIpc) is 1.95. The summed E-state index contributed by atoms with van der Waals surface area (Å²) in [6.45, 7) is 19.6. The lowest BCUT2D eigenvalue weighted by molar-refractivity contribution is 0.524. The highest BCUT2D eigenvalue weighted by Gasteiger charge is 2.22. The summed E-state index contributed by atoms with van der Waals surface area (Å²) in [6, 6.07) is 0. The predicted molar refractivity (Wildman–Crippen MR) is 69.4 cm³/mol. The van der Waals surface area contributed by atoms with E-state index in [1.54, 1.807) is 0 Å². The summed E-state index contributed by atoms with van der Waals surface area (Å²) in [5.74, 6) is 0. The fraction of sp³-hybridized carbons (Fsp3) is 0.692. The quantitative estimate of drug-likeness (QED) is 0.604. The molecule has 0 saturated heterocycles. The molecule has 0 aromatic carbocycles. The lowest BCUT2D eigenvalue weighted by Gasteiger charge is -2.27. The van der Waals surface area contributed by atoms with E-state index in [1.807, 2.05) is 11.8 Å². The van der Waals surface area contributed by atoms with Gasteiger partial charge in [0.05, 0.1) is 0 Å². The number of thioether (sulfide) groups is 1. The Bertz CT molecular complexity index is 233. The highest BCUT2D eigenvalue weighted by Crippen LogP contribution is 2.43. The molecule has 0 aromatic heterocycles. The van der Waals surface area contributed by atoms with Crippen molar-refractivity contribution >= 4 is 11.8 Å². The van der Waals surface area contributed by atoms with Crippen LogP contribution in [0.1, 0.15) is 48.5 Å². The standard InChI is InChI=1S/C13H24S/c1-9-11(13(6,7)8)14-10(2)12(3,4)5/h9H,2H2,1,3-8H3/b11-9-. The minimum absolute atomic E-state index is 0.185. The van der Waals surface area contributed by atoms with E-state index in [0.29, 0.717) is 0 Å². The summed E-state index contributed by atoms with van der Waals surface area (Å²) in [5, 5.41) is 0. The van der Waals surface area contributed by atoms with Crippen molar-refractivity contribution in [3.63, 3.8) is 0 Å². The van der Waals surface area contributed by atoms with Crippen LogP contribution in [0.4, 0.5) is 0 Å². The van der Waals surface area contributed by atoms with E-state index in [2.05, 4.69) is 61.1 Å². The highest BCUT2D eigenvalue weighted by atomic mass is 32.2. The van der Waals surface area contributed by atoms with Gasteiger partial charge in [0.1, 0.15) is 0 Å². The zero-order valence-electron chi connectivity index (χ0n) is 10.7. The van der Waals surface area contributed by atoms with Crippen LogP contribution < -0.4 is 0 Å². The Morgan fingerprint density at radius 1 is 1.00 bits per heavy atom. The zero-order chi connectivity index (χ0) is 11.6. The van der Waals surface area contributed by atoms with Gasteiger partial charge in [-0.1, -0.05) is 66.0 Å². The van der Waals surface area contributed by atoms with E-state index in [0.717, 1.165) is 0 Å². The normalized spacial score (nSPS) is 14.4. The lowest BCUT2D eigenvalue weighted by Crippen LogP contribution is -2.11. The van der Waals surface area contributed by atoms with Crippen LogP contribution in [0.15, 0.2) is 22.5 Å². The first-order valence-corrected chi connectivity index (χ1v) is 5.94. The molecule has 0 rings (SSSR count). The van der Waals surface area contributed by atoms with E-state index in [1.165, 1.54) is 9.81 Å². The molecule has 0 saturated carbocycles. The Morgan fingerprint density at radius 3 is 1.64 bits per heavy atom. The Kier molecular flexibility index (Phi) is 4.51. The van der Waals surface area contributed by atoms with Crippen LogP contribution >= 0.6 is 11.8 Å². The van der Waals surface area contributed by atoms with E-state index in [4.69, 9.17) is 0 Å². The molecule has 82 valence electrons. The van der Waals surface area contributed by atoms with Crippen molar-refractivity contribution in [1.82, 2.24) is 0 Å². The van der Waals surface area contributed by atoms with Gasteiger partial charge in [-0.05, 0) is 27.6 Å². The number of hydrogen-bond acceptors (Lipinski definition) is 1. The molecule has 0 bridgehead atoms. The third-order valence-electron chi connectivity index (χ3n) is 2.07. The smallest absolute Gasteiger partial charge is 0.00719 e. The first-order chi connectivity index (χ1) is 6.09. The second-order valence-electron chi connectivity index (χ2n) is 5.68. The van der Waals surface area contributed by atoms with Gasteiger partial charge >= 0.3 is 0 Å². The van der Waals surface area contributed by atoms with Crippen molar-refractivity contribution in [1.29, 1.82) is 0 Å². The Hall–Kier alpha value is -0.170. The van der Waals surface area contributed by atoms with Crippen LogP contribution in [0.3, 0.4) is 0 Å². The molecule has 0 N–H and O–H groups in total. The third-order valence-corrected chi connectivity index (χ3v) is 4.00. The molecule has 0 unspecified atom stereocenters. The summed E-state index contributed by atoms with van der Waals surface area (Å²) >= 11 is 1.83. The summed E-state index contributed by atoms with van der Waals surface area (Å²) in [6.07, 6.45) is 2.20. The van der Waals surface area contributed by atoms with Crippen LogP contribution in [-0.4, -0.2) is 0 Å². The van der Waals surface area contributed by atoms with Crippen LogP contribution in [0.2, 0.25) is 0 Å². The number of rotatable bonds is 2. The zero-order valence-corrected chi connectivity index (χ0v) is 11.5. The maximum absolute atomic E-state index is 4.15. The molecule has 0 aliphatic carbocycles. The van der Waals surface area contributed by atoms with Gasteiger partial charge in [0.15, 0.2) is 0 Å². The summed E-state index contributed by atoms with van der Waals surface area (Å²) in [5.41, 5.74) is 0.414. The van der Waals surface area contributed by atoms with Gasteiger partial charge in [-0.25, -0.2) is 0 Å². The Morgan fingerprint density at radius 2 is 1.43 bits per heavy atom. The van der Waals surface area contributed by atoms with Crippen molar-refractivity contribution in [2.24, 2.45) is 10.8 Å². The van der Waals surface area contributed by atoms with Crippen molar-refractivity contribution in [3.05, 3.63) is 22.5 Å². The largest absolute Gasteiger partial charge is 0.0989 e. The molecule has 0 aromatic rings. The summed E-state index contributed by atoms with van der Waals surface area (Å²) in [4.78, 5) is 2.64. The molecular weight excluding hydrogens is 188 g/mol. The molecule has 0 nitrogen and oxygen atoms in total. The van der Waals surface area contributed by atoms with E-state index in [9.17, 15) is 0 Å². The third kappa shape index (κ3) is 4.36. The molecule has 0 heterocycles. The molecule has 0 aliphatic heterocycles. The van der Waals surface area contributed by atoms with E-state index < -0.39 is 0 Å². The van der Waals surface area contributed by atoms with Crippen molar-refractivity contribution in [2.75, 3.05) is 0 Å². The molecule has 0 aliphatic rings. The van der Waals surface area contributed by atoms with Crippen molar-refractivity contribution in [3.8, 4) is 0 Å². The topological polar surface area (TPSA) is 0 Å². The SMILES string of the molecule is C=C(S/C(=C\C)C(C)(C)C)C(C)(C)C. The molecule has 0 fully saturated rings. The van der Waals surface area contributed by atoms with E-state index >= 15 is 0 Å². The molecule has 0 radical (unpaired) electrons. The van der Waals surface area contributed by atoms with Gasteiger partial charge in [0.25, 0.3) is 0 Å². The molecule has 0 amide bonds. The minimum Gasteiger partial charge on any atom is -0.0989 e. The molecule has 14 heavy (non-hydrogen) atoms. The van der Waals surface area contributed by atoms with Gasteiger partial charge < -0.3 is 0 Å². The molecule has 0 spiro atoms. The molecule has 1 heteroatoms. The second kappa shape index (κ2) is 4.57. The fourth-order valence-electron chi connectivity index (χ4n) is 0.931. The van der Waals surface area contributed by atoms with Crippen LogP contribution in [-0.2, 0) is 0 Å². The van der Waals surface area contributed by atoms with Gasteiger partial charge in [0.2, 0.25) is 0 Å². The van der Waals surface area contributed by atoms with Crippen LogP contribution in [0.5, 0.6) is 0 Å². The molecule has 0 atom stereocenters. The van der Waals surface area contributed by atoms with Crippen molar-refractivity contribution < 1.29 is 0 Å². The molecular formula is C13H24S. The van der Waals surface area contributed by atoms with E-state index in [-0.39, 0.29) is 10.8 Å². The first kappa shape index (κ1) is 13.8. The summed E-state index contributed by atoms with van der Waals surface area (Å²) < 4.78 is 0. The van der Waals surface area contributed by atoms with Gasteiger partial charge in [-0.2, -0.15) is 0 Å². The maximum Gasteiger partial charge on any atom is -0.00719 e. The van der Waals surface area contributed by atoms with Gasteiger partial charge in [-0.3, -0.25) is 0 Å². The lowest BCUT2D eigenvalue weighted by atomic mass is 9.96. The Labute approximate surface area is 93.9 Å². The predicted octanol–water partition coefficient (Wildman–Crippen LogP) is 5.23. The minimum atomic E-state index is 0.185. The first-order valence-electron chi connectivity index (χ1n) is 5.13. The monoisotopic (exact) mass is 212 g/mol. The number of allylic oxidation sites excluding steroid dienone is 3. The van der Waals surface area contributed by atoms with Crippen molar-refractivity contribution in [2.45, 2.75) is 48.5 Å².